The van der Waals surface area contributed by atoms with Gasteiger partial charge in [-0.3, -0.25) is 0 Å². The Labute approximate surface area is 218 Å². The van der Waals surface area contributed by atoms with E-state index in [1.807, 2.05) is 0 Å². The van der Waals surface area contributed by atoms with Crippen LogP contribution in [0.3, 0.4) is 0 Å². The van der Waals surface area contributed by atoms with E-state index >= 15 is 0 Å². The zero-order valence-electron chi connectivity index (χ0n) is 19.5. The molecule has 1 aliphatic rings. The molecule has 5 aromatic rings. The molecule has 0 aromatic heterocycles. The second kappa shape index (κ2) is 9.82. The van der Waals surface area contributed by atoms with E-state index in [9.17, 15) is 0 Å². The molecule has 1 atom stereocenters. The summed E-state index contributed by atoms with van der Waals surface area (Å²) in [4.78, 5) is 0. The van der Waals surface area contributed by atoms with Gasteiger partial charge in [-0.25, -0.2) is 0 Å². The van der Waals surface area contributed by atoms with Crippen LogP contribution in [-0.2, 0) is 0 Å². The maximum Gasteiger partial charge on any atom is 0.135 e. The summed E-state index contributed by atoms with van der Waals surface area (Å²) in [6, 6.07) is 49.0. The number of rotatable bonds is 5. The molecule has 0 heterocycles. The monoisotopic (exact) mass is 536 g/mol. The smallest absolute Gasteiger partial charge is 0.135 e. The van der Waals surface area contributed by atoms with Crippen molar-refractivity contribution in [3.8, 4) is 16.9 Å². The topological polar surface area (TPSA) is 9.23 Å². The number of benzene rings is 5. The number of fused-ring (bicyclic) bond motifs is 3. The SMILES string of the molecule is COc1ccc2c(c1)C([P+](c1ccccc1)(c1ccccc1)c1ccccc1)c1ccccc1-2.[Br-]. The van der Waals surface area contributed by atoms with E-state index in [4.69, 9.17) is 4.74 Å². The largest absolute Gasteiger partial charge is 1.00 e. The first-order valence-corrected chi connectivity index (χ1v) is 13.5. The lowest BCUT2D eigenvalue weighted by molar-refractivity contribution is -0.00000676. The Balaban J connectivity index is 0.00000253. The van der Waals surface area contributed by atoms with Crippen molar-refractivity contribution in [2.75, 3.05) is 7.11 Å². The van der Waals surface area contributed by atoms with Crippen LogP contribution in [0.15, 0.2) is 133 Å². The van der Waals surface area contributed by atoms with Gasteiger partial charge in [0, 0.05) is 11.1 Å². The van der Waals surface area contributed by atoms with Crippen molar-refractivity contribution < 1.29 is 21.7 Å². The Kier molecular flexibility index (Phi) is 6.60. The fraction of sp³-hybridized carbons (Fsp3) is 0.0625. The highest BCUT2D eigenvalue weighted by Gasteiger charge is 2.56. The third-order valence-corrected chi connectivity index (χ3v) is 11.6. The van der Waals surface area contributed by atoms with Crippen molar-refractivity contribution in [1.82, 2.24) is 0 Å². The standard InChI is InChI=1S/C32H26OP.BrH/c1-33-24-21-22-29-28-19-11-12-20-30(28)32(31(29)23-24)34(25-13-5-2-6-14-25,26-15-7-3-8-16-26)27-17-9-4-10-18-27;/h2-23,32H,1H3;1H/q+1;/p-1. The number of hydrogen-bond acceptors (Lipinski definition) is 1. The van der Waals surface area contributed by atoms with E-state index in [1.165, 1.54) is 38.2 Å². The van der Waals surface area contributed by atoms with Crippen LogP contribution in [0.5, 0.6) is 5.75 Å². The van der Waals surface area contributed by atoms with E-state index in [2.05, 4.69) is 133 Å². The molecular formula is C32H26BrOP. The third kappa shape index (κ3) is 3.73. The van der Waals surface area contributed by atoms with E-state index in [0.29, 0.717) is 0 Å². The van der Waals surface area contributed by atoms with Gasteiger partial charge >= 0.3 is 0 Å². The summed E-state index contributed by atoms with van der Waals surface area (Å²) in [5.41, 5.74) is 5.59. The Morgan fingerprint density at radius 2 is 0.971 bits per heavy atom. The van der Waals surface area contributed by atoms with Crippen LogP contribution in [-0.4, -0.2) is 7.11 Å². The van der Waals surface area contributed by atoms with Crippen molar-refractivity contribution in [3.63, 3.8) is 0 Å². The number of halogens is 1. The highest BCUT2D eigenvalue weighted by Crippen LogP contribution is 2.72. The fourth-order valence-corrected chi connectivity index (χ4v) is 10.6. The summed E-state index contributed by atoms with van der Waals surface area (Å²) < 4.78 is 5.73. The number of hydrogen-bond donors (Lipinski definition) is 0. The summed E-state index contributed by atoms with van der Waals surface area (Å²) in [5, 5.41) is 4.17. The van der Waals surface area contributed by atoms with Crippen molar-refractivity contribution in [2.45, 2.75) is 5.66 Å². The molecule has 0 amide bonds. The van der Waals surface area contributed by atoms with Crippen molar-refractivity contribution in [3.05, 3.63) is 145 Å². The summed E-state index contributed by atoms with van der Waals surface area (Å²) in [6.07, 6.45) is 0. The van der Waals surface area contributed by atoms with Crippen LogP contribution < -0.4 is 37.6 Å². The molecule has 0 saturated heterocycles. The average Bonchev–Trinajstić information content (AvgIpc) is 3.25. The minimum Gasteiger partial charge on any atom is -1.00 e. The van der Waals surface area contributed by atoms with Gasteiger partial charge in [0.15, 0.2) is 0 Å². The molecule has 0 saturated carbocycles. The van der Waals surface area contributed by atoms with Gasteiger partial charge in [0.2, 0.25) is 0 Å². The minimum atomic E-state index is -2.15. The van der Waals surface area contributed by atoms with Crippen LogP contribution >= 0.6 is 7.26 Å². The molecule has 0 fully saturated rings. The highest BCUT2D eigenvalue weighted by molar-refractivity contribution is 7.96. The molecule has 0 spiro atoms. The fourth-order valence-electron chi connectivity index (χ4n) is 5.59. The van der Waals surface area contributed by atoms with Crippen molar-refractivity contribution in [2.24, 2.45) is 0 Å². The van der Waals surface area contributed by atoms with Gasteiger partial charge in [-0.1, -0.05) is 84.9 Å². The summed E-state index contributed by atoms with van der Waals surface area (Å²) in [7, 11) is -0.395. The molecule has 5 aromatic carbocycles. The lowest BCUT2D eigenvalue weighted by Crippen LogP contribution is -3.00. The Morgan fingerprint density at radius 3 is 1.49 bits per heavy atom. The second-order valence-corrected chi connectivity index (χ2v) is 12.2. The van der Waals surface area contributed by atoms with E-state index in [-0.39, 0.29) is 22.6 Å². The molecule has 0 N–H and O–H groups in total. The first-order valence-electron chi connectivity index (χ1n) is 11.7. The third-order valence-electron chi connectivity index (χ3n) is 6.98. The molecule has 1 aliphatic carbocycles. The van der Waals surface area contributed by atoms with Crippen molar-refractivity contribution >= 4 is 23.2 Å². The predicted octanol–water partition coefficient (Wildman–Crippen LogP) is 3.76. The van der Waals surface area contributed by atoms with Crippen LogP contribution in [0.25, 0.3) is 11.1 Å². The minimum absolute atomic E-state index is 0. The lowest BCUT2D eigenvalue weighted by Gasteiger charge is -2.34. The van der Waals surface area contributed by atoms with E-state index in [1.54, 1.807) is 7.11 Å². The summed E-state index contributed by atoms with van der Waals surface area (Å²) in [6.45, 7) is 0. The molecule has 1 nitrogen and oxygen atoms in total. The Hall–Kier alpha value is -3.19. The zero-order valence-corrected chi connectivity index (χ0v) is 22.0. The molecule has 0 radical (unpaired) electrons. The molecule has 0 aliphatic heterocycles. The quantitative estimate of drug-likeness (QED) is 0.311. The van der Waals surface area contributed by atoms with Gasteiger partial charge in [0.25, 0.3) is 0 Å². The van der Waals surface area contributed by atoms with Gasteiger partial charge in [-0.05, 0) is 59.7 Å². The molecule has 1 unspecified atom stereocenters. The second-order valence-electron chi connectivity index (χ2n) is 8.67. The average molecular weight is 537 g/mol. The Bertz CT molecular complexity index is 1340. The van der Waals surface area contributed by atoms with Gasteiger partial charge in [0.05, 0.1) is 7.11 Å². The number of ether oxygens (including phenoxy) is 1. The molecule has 6 rings (SSSR count). The van der Waals surface area contributed by atoms with Crippen LogP contribution in [0.2, 0.25) is 0 Å². The van der Waals surface area contributed by atoms with Crippen LogP contribution in [0.4, 0.5) is 0 Å². The lowest BCUT2D eigenvalue weighted by atomic mass is 10.1. The molecule has 172 valence electrons. The maximum absolute atomic E-state index is 5.73. The summed E-state index contributed by atoms with van der Waals surface area (Å²) >= 11 is 0. The van der Waals surface area contributed by atoms with Gasteiger partial charge in [-0.15, -0.1) is 0 Å². The maximum atomic E-state index is 5.73. The van der Waals surface area contributed by atoms with Crippen LogP contribution in [0, 0.1) is 0 Å². The molecular weight excluding hydrogens is 511 g/mol. The Morgan fingerprint density at radius 1 is 0.514 bits per heavy atom. The van der Waals surface area contributed by atoms with Crippen LogP contribution in [0.1, 0.15) is 16.8 Å². The molecule has 35 heavy (non-hydrogen) atoms. The van der Waals surface area contributed by atoms with Gasteiger partial charge in [-0.2, -0.15) is 0 Å². The molecule has 0 bridgehead atoms. The van der Waals surface area contributed by atoms with E-state index in [0.717, 1.165) is 5.75 Å². The normalized spacial score (nSPS) is 13.9. The van der Waals surface area contributed by atoms with Crippen molar-refractivity contribution in [1.29, 1.82) is 0 Å². The first-order chi connectivity index (χ1) is 16.8. The highest BCUT2D eigenvalue weighted by atomic mass is 79.9. The van der Waals surface area contributed by atoms with Gasteiger partial charge < -0.3 is 21.7 Å². The first kappa shape index (κ1) is 23.5. The zero-order chi connectivity index (χ0) is 23.0. The van der Waals surface area contributed by atoms with E-state index < -0.39 is 7.26 Å². The van der Waals surface area contributed by atoms with Gasteiger partial charge in [0.1, 0.15) is 34.6 Å². The summed E-state index contributed by atoms with van der Waals surface area (Å²) in [5.74, 6) is 0.906. The predicted molar refractivity (Wildman–Crippen MR) is 145 cm³/mol. The molecule has 3 heteroatoms. The number of methoxy groups -OCH3 is 1.